The summed E-state index contributed by atoms with van der Waals surface area (Å²) in [6.45, 7) is 0. The quantitative estimate of drug-likeness (QED) is 0.536. The average Bonchev–Trinajstić information content (AvgIpc) is 2.17. The van der Waals surface area contributed by atoms with Crippen molar-refractivity contribution in [2.24, 2.45) is 0 Å². The molecule has 0 aromatic rings. The first-order valence-electron chi connectivity index (χ1n) is 1.83. The van der Waals surface area contributed by atoms with Crippen molar-refractivity contribution in [3.8, 4) is 0 Å². The van der Waals surface area contributed by atoms with Crippen LogP contribution >= 0.6 is 31.9 Å². The van der Waals surface area contributed by atoms with E-state index in [-0.39, 0.29) is 11.1 Å². The predicted octanol–water partition coefficient (Wildman–Crippen LogP) is 0.819. The van der Waals surface area contributed by atoms with Crippen molar-refractivity contribution in [2.75, 3.05) is 0 Å². The summed E-state index contributed by atoms with van der Waals surface area (Å²) < 4.78 is 4.80. The second-order valence-corrected chi connectivity index (χ2v) is 3.17. The second-order valence-electron chi connectivity index (χ2n) is 1.32. The monoisotopic (exact) mass is 230 g/mol. The molecule has 0 aliphatic carbocycles. The fourth-order valence-electron chi connectivity index (χ4n) is 0.294. The molecule has 42 valence electrons. The van der Waals surface area contributed by atoms with Crippen molar-refractivity contribution in [2.45, 2.75) is 16.1 Å². The summed E-state index contributed by atoms with van der Waals surface area (Å²) in [5, 5.41) is 8.16. The van der Waals surface area contributed by atoms with Gasteiger partial charge in [0.05, 0.1) is 0 Å². The van der Waals surface area contributed by atoms with Crippen LogP contribution in [-0.2, 0) is 4.74 Å². The fraction of sp³-hybridized carbons (Fsp3) is 1.00. The molecule has 0 aromatic carbocycles. The number of rotatable bonds is 1. The lowest BCUT2D eigenvalue weighted by Gasteiger charge is -1.89. The van der Waals surface area contributed by atoms with Crippen LogP contribution in [0.15, 0.2) is 0 Å². The molecule has 1 heterocycles. The number of halogens is 2. The molecule has 2 nitrogen and oxygen atoms in total. The predicted molar refractivity (Wildman–Crippen MR) is 32.5 cm³/mol. The minimum absolute atomic E-state index is 0.0417. The third-order valence-corrected chi connectivity index (χ3v) is 2.00. The normalized spacial score (nSPS) is 43.3. The van der Waals surface area contributed by atoms with Crippen LogP contribution in [0.1, 0.15) is 0 Å². The van der Waals surface area contributed by atoms with Crippen LogP contribution in [0.3, 0.4) is 0 Å². The molecule has 0 saturated carbocycles. The van der Waals surface area contributed by atoms with Gasteiger partial charge in [0.2, 0.25) is 0 Å². The maximum absolute atomic E-state index is 8.62. The lowest BCUT2D eigenvalue weighted by Crippen LogP contribution is -2.04. The molecule has 0 amide bonds. The highest BCUT2D eigenvalue weighted by atomic mass is 79.9. The SMILES string of the molecule is OC(Br)C1OC1Br. The summed E-state index contributed by atoms with van der Waals surface area (Å²) in [6, 6.07) is 0. The minimum Gasteiger partial charge on any atom is -0.379 e. The highest BCUT2D eigenvalue weighted by Crippen LogP contribution is 2.32. The molecule has 1 rings (SSSR count). The Morgan fingerprint density at radius 3 is 2.14 bits per heavy atom. The molecule has 3 atom stereocenters. The van der Waals surface area contributed by atoms with Gasteiger partial charge in [-0.2, -0.15) is 0 Å². The van der Waals surface area contributed by atoms with E-state index in [1.54, 1.807) is 0 Å². The summed E-state index contributed by atoms with van der Waals surface area (Å²) in [6.07, 6.45) is -0.0417. The molecule has 0 bridgehead atoms. The van der Waals surface area contributed by atoms with Crippen molar-refractivity contribution in [3.63, 3.8) is 0 Å². The Morgan fingerprint density at radius 2 is 2.14 bits per heavy atom. The van der Waals surface area contributed by atoms with Gasteiger partial charge >= 0.3 is 0 Å². The summed E-state index contributed by atoms with van der Waals surface area (Å²) in [5.41, 5.74) is 0. The molecule has 0 radical (unpaired) electrons. The molecule has 1 saturated heterocycles. The van der Waals surface area contributed by atoms with Crippen LogP contribution in [0.4, 0.5) is 0 Å². The smallest absolute Gasteiger partial charge is 0.142 e. The van der Waals surface area contributed by atoms with Gasteiger partial charge in [0.25, 0.3) is 0 Å². The third kappa shape index (κ3) is 1.38. The fourth-order valence-corrected chi connectivity index (χ4v) is 1.64. The highest BCUT2D eigenvalue weighted by molar-refractivity contribution is 9.10. The van der Waals surface area contributed by atoms with E-state index in [1.807, 2.05) is 0 Å². The Hall–Kier alpha value is 0.880. The zero-order valence-corrected chi connectivity index (χ0v) is 6.52. The highest BCUT2D eigenvalue weighted by Gasteiger charge is 2.41. The lowest BCUT2D eigenvalue weighted by molar-refractivity contribution is 0.219. The molecule has 7 heavy (non-hydrogen) atoms. The molecule has 4 heteroatoms. The molecule has 1 N–H and O–H groups in total. The molecular formula is C3H4Br2O2. The van der Waals surface area contributed by atoms with Gasteiger partial charge in [0, 0.05) is 0 Å². The van der Waals surface area contributed by atoms with Gasteiger partial charge in [-0.1, -0.05) is 31.9 Å². The lowest BCUT2D eigenvalue weighted by atomic mass is 10.5. The Bertz CT molecular complexity index is 75.3. The maximum atomic E-state index is 8.62. The van der Waals surface area contributed by atoms with Crippen LogP contribution in [0.25, 0.3) is 0 Å². The number of epoxide rings is 1. The number of alkyl halides is 2. The Morgan fingerprint density at radius 1 is 1.71 bits per heavy atom. The van der Waals surface area contributed by atoms with Gasteiger partial charge < -0.3 is 9.84 Å². The molecule has 1 aliphatic heterocycles. The molecule has 0 spiro atoms. The first kappa shape index (κ1) is 6.01. The summed E-state index contributed by atoms with van der Waals surface area (Å²) in [7, 11) is 0. The number of hydrogen-bond acceptors (Lipinski definition) is 2. The van der Waals surface area contributed by atoms with Crippen molar-refractivity contribution < 1.29 is 9.84 Å². The number of aliphatic hydroxyl groups is 1. The van der Waals surface area contributed by atoms with Crippen LogP contribution in [0.2, 0.25) is 0 Å². The molecule has 0 aromatic heterocycles. The van der Waals surface area contributed by atoms with Gasteiger partial charge in [0.1, 0.15) is 16.1 Å². The van der Waals surface area contributed by atoms with Crippen LogP contribution in [-0.4, -0.2) is 21.2 Å². The van der Waals surface area contributed by atoms with Gasteiger partial charge in [0.15, 0.2) is 0 Å². The van der Waals surface area contributed by atoms with E-state index < -0.39 is 5.01 Å². The summed E-state index contributed by atoms with van der Waals surface area (Å²) in [5.74, 6) is 0. The van der Waals surface area contributed by atoms with Gasteiger partial charge in [-0.05, 0) is 0 Å². The van der Waals surface area contributed by atoms with E-state index in [9.17, 15) is 0 Å². The van der Waals surface area contributed by atoms with E-state index in [2.05, 4.69) is 31.9 Å². The van der Waals surface area contributed by atoms with Crippen LogP contribution < -0.4 is 0 Å². The van der Waals surface area contributed by atoms with Crippen molar-refractivity contribution in [1.29, 1.82) is 0 Å². The van der Waals surface area contributed by atoms with Crippen molar-refractivity contribution >= 4 is 31.9 Å². The van der Waals surface area contributed by atoms with E-state index in [1.165, 1.54) is 0 Å². The maximum Gasteiger partial charge on any atom is 0.142 e. The van der Waals surface area contributed by atoms with Crippen molar-refractivity contribution in [1.82, 2.24) is 0 Å². The Balaban J connectivity index is 2.20. The summed E-state index contributed by atoms with van der Waals surface area (Å²) >= 11 is 6.08. The van der Waals surface area contributed by atoms with Gasteiger partial charge in [-0.15, -0.1) is 0 Å². The Kier molecular flexibility index (Phi) is 1.72. The molecule has 3 unspecified atom stereocenters. The zero-order chi connectivity index (χ0) is 5.44. The van der Waals surface area contributed by atoms with E-state index in [0.717, 1.165) is 0 Å². The third-order valence-electron chi connectivity index (χ3n) is 0.740. The van der Waals surface area contributed by atoms with Gasteiger partial charge in [-0.3, -0.25) is 0 Å². The topological polar surface area (TPSA) is 32.8 Å². The largest absolute Gasteiger partial charge is 0.379 e. The van der Waals surface area contributed by atoms with Crippen LogP contribution in [0, 0.1) is 0 Å². The zero-order valence-electron chi connectivity index (χ0n) is 3.34. The second kappa shape index (κ2) is 2.01. The van der Waals surface area contributed by atoms with Crippen LogP contribution in [0.5, 0.6) is 0 Å². The minimum atomic E-state index is -0.517. The summed E-state index contributed by atoms with van der Waals surface area (Å²) in [4.78, 5) is 0. The number of ether oxygens (including phenoxy) is 1. The molecular weight excluding hydrogens is 228 g/mol. The number of hydrogen-bond donors (Lipinski definition) is 1. The number of aliphatic hydroxyl groups excluding tert-OH is 1. The molecule has 1 aliphatic rings. The average molecular weight is 232 g/mol. The van der Waals surface area contributed by atoms with Gasteiger partial charge in [-0.25, -0.2) is 0 Å². The molecule has 1 fully saturated rings. The van der Waals surface area contributed by atoms with Crippen molar-refractivity contribution in [3.05, 3.63) is 0 Å². The first-order valence-corrected chi connectivity index (χ1v) is 3.66. The standard InChI is InChI=1S/C3H4Br2O2/c4-2(6)1-3(5)7-1/h1-3,6H. The first-order chi connectivity index (χ1) is 3.22. The van der Waals surface area contributed by atoms with E-state index in [4.69, 9.17) is 9.84 Å². The van der Waals surface area contributed by atoms with E-state index >= 15 is 0 Å². The Labute approximate surface area is 58.1 Å². The van der Waals surface area contributed by atoms with E-state index in [0.29, 0.717) is 0 Å².